The maximum atomic E-state index is 10.2. The monoisotopic (exact) mass is 253 g/mol. The van der Waals surface area contributed by atoms with Crippen LogP contribution in [0, 0.1) is 0 Å². The minimum atomic E-state index is -2.11. The summed E-state index contributed by atoms with van der Waals surface area (Å²) < 4.78 is 5.07. The van der Waals surface area contributed by atoms with Gasteiger partial charge in [-0.2, -0.15) is 0 Å². The lowest BCUT2D eigenvalue weighted by Gasteiger charge is -2.35. The minimum absolute atomic E-state index is 0.00854. The van der Waals surface area contributed by atoms with Crippen LogP contribution < -0.4 is 4.74 Å². The molecule has 1 aromatic rings. The molecule has 0 aliphatic rings. The lowest BCUT2D eigenvalue weighted by atomic mass is 10.0. The van der Waals surface area contributed by atoms with Crippen molar-refractivity contribution in [3.8, 4) is 5.75 Å². The molecule has 1 rings (SSSR count). The first-order chi connectivity index (χ1) is 7.76. The Morgan fingerprint density at radius 3 is 2.41 bits per heavy atom. The van der Waals surface area contributed by atoms with Crippen LogP contribution in [0.5, 0.6) is 5.75 Å². The third-order valence-corrected chi connectivity index (χ3v) is 7.26. The molecule has 0 radical (unpaired) electrons. The summed E-state index contributed by atoms with van der Waals surface area (Å²) in [5.74, 6) is 0.782. The average molecular weight is 253 g/mol. The zero-order valence-electron chi connectivity index (χ0n) is 11.4. The number of methoxy groups -OCH3 is 1. The van der Waals surface area contributed by atoms with Gasteiger partial charge in [-0.05, 0) is 43.1 Å². The second kappa shape index (κ2) is 5.19. The van der Waals surface area contributed by atoms with E-state index in [1.165, 1.54) is 0 Å². The van der Waals surface area contributed by atoms with Crippen LogP contribution in [0.4, 0.5) is 0 Å². The Labute approximate surface area is 105 Å². The van der Waals surface area contributed by atoms with E-state index in [1.807, 2.05) is 25.2 Å². The Morgan fingerprint density at radius 1 is 1.35 bits per heavy atom. The maximum absolute atomic E-state index is 10.2. The molecule has 3 nitrogen and oxygen atoms in total. The van der Waals surface area contributed by atoms with E-state index in [0.29, 0.717) is 0 Å². The van der Waals surface area contributed by atoms with Gasteiger partial charge in [0.2, 0.25) is 0 Å². The predicted octanol–water partition coefficient (Wildman–Crippen LogP) is 3.00. The van der Waals surface area contributed by atoms with Gasteiger partial charge in [0.15, 0.2) is 8.32 Å². The molecule has 1 aromatic heterocycles. The molecule has 0 bridgehead atoms. The van der Waals surface area contributed by atoms with Crippen LogP contribution in [0.3, 0.4) is 0 Å². The molecule has 96 valence electrons. The highest BCUT2D eigenvalue weighted by Gasteiger charge is 2.37. The molecular weight excluding hydrogens is 230 g/mol. The average Bonchev–Trinajstić information content (AvgIpc) is 2.25. The summed E-state index contributed by atoms with van der Waals surface area (Å²) in [7, 11) is -0.470. The number of aromatic nitrogens is 1. The largest absolute Gasteiger partial charge is 0.495 e. The highest BCUT2D eigenvalue weighted by atomic mass is 28.4. The molecular formula is C13H23NO2Si. The van der Waals surface area contributed by atoms with Crippen LogP contribution in [0.1, 0.15) is 26.0 Å². The fourth-order valence-corrected chi connectivity index (χ4v) is 2.16. The first-order valence-corrected chi connectivity index (χ1v) is 8.92. The second-order valence-electron chi connectivity index (χ2n) is 5.63. The first kappa shape index (κ1) is 14.2. The molecule has 0 aromatic carbocycles. The number of hydrogen-bond donors (Lipinski definition) is 1. The van der Waals surface area contributed by atoms with Gasteiger partial charge in [-0.3, -0.25) is 4.98 Å². The fourth-order valence-electron chi connectivity index (χ4n) is 1.43. The molecule has 0 fully saturated rings. The summed E-state index contributed by atoms with van der Waals surface area (Å²) >= 11 is 0. The highest BCUT2D eigenvalue weighted by Crippen LogP contribution is 2.39. The number of pyridine rings is 1. The summed E-state index contributed by atoms with van der Waals surface area (Å²) in [6.45, 7) is 8.27. The van der Waals surface area contributed by atoms with E-state index in [-0.39, 0.29) is 5.04 Å². The van der Waals surface area contributed by atoms with Gasteiger partial charge in [0.1, 0.15) is 5.75 Å². The SMILES string of the molecule is COc1ccc(CCC(C)(C)[Si](C)(C)O)nc1. The van der Waals surface area contributed by atoms with E-state index < -0.39 is 8.32 Å². The number of ether oxygens (including phenoxy) is 1. The molecule has 4 heteroatoms. The van der Waals surface area contributed by atoms with Gasteiger partial charge in [-0.25, -0.2) is 0 Å². The van der Waals surface area contributed by atoms with E-state index >= 15 is 0 Å². The van der Waals surface area contributed by atoms with Crippen LogP contribution >= 0.6 is 0 Å². The van der Waals surface area contributed by atoms with Crippen LogP contribution in [0.25, 0.3) is 0 Å². The second-order valence-corrected chi connectivity index (χ2v) is 10.1. The Morgan fingerprint density at radius 2 is 2.00 bits per heavy atom. The van der Waals surface area contributed by atoms with Gasteiger partial charge in [0.05, 0.1) is 13.3 Å². The highest BCUT2D eigenvalue weighted by molar-refractivity contribution is 6.72. The van der Waals surface area contributed by atoms with Crippen molar-refractivity contribution in [2.75, 3.05) is 7.11 Å². The van der Waals surface area contributed by atoms with Gasteiger partial charge in [0.25, 0.3) is 0 Å². The van der Waals surface area contributed by atoms with E-state index in [9.17, 15) is 4.80 Å². The van der Waals surface area contributed by atoms with Crippen molar-refractivity contribution < 1.29 is 9.53 Å². The summed E-state index contributed by atoms with van der Waals surface area (Å²) in [4.78, 5) is 14.5. The topological polar surface area (TPSA) is 42.4 Å². The number of nitrogens with zero attached hydrogens (tertiary/aromatic N) is 1. The summed E-state index contributed by atoms with van der Waals surface area (Å²) in [5.41, 5.74) is 1.05. The van der Waals surface area contributed by atoms with Gasteiger partial charge in [0, 0.05) is 5.69 Å². The van der Waals surface area contributed by atoms with Crippen molar-refractivity contribution >= 4 is 8.32 Å². The number of hydrogen-bond acceptors (Lipinski definition) is 3. The third-order valence-electron chi connectivity index (χ3n) is 3.70. The van der Waals surface area contributed by atoms with Gasteiger partial charge >= 0.3 is 0 Å². The number of rotatable bonds is 5. The molecule has 0 aliphatic heterocycles. The van der Waals surface area contributed by atoms with E-state index in [2.05, 4.69) is 18.8 Å². The summed E-state index contributed by atoms with van der Waals surface area (Å²) in [6, 6.07) is 3.91. The smallest absolute Gasteiger partial charge is 0.188 e. The van der Waals surface area contributed by atoms with Crippen molar-refractivity contribution in [3.05, 3.63) is 24.0 Å². The van der Waals surface area contributed by atoms with Crippen molar-refractivity contribution in [2.45, 2.75) is 44.8 Å². The van der Waals surface area contributed by atoms with E-state index in [0.717, 1.165) is 24.3 Å². The summed E-state index contributed by atoms with van der Waals surface area (Å²) in [6.07, 6.45) is 3.60. The lowest BCUT2D eigenvalue weighted by molar-refractivity contribution is 0.412. The van der Waals surface area contributed by atoms with Crippen LogP contribution in [-0.4, -0.2) is 25.2 Å². The normalized spacial score (nSPS) is 12.6. The summed E-state index contributed by atoms with van der Waals surface area (Å²) in [5, 5.41) is 0.00854. The first-order valence-electron chi connectivity index (χ1n) is 5.97. The molecule has 0 spiro atoms. The molecule has 0 unspecified atom stereocenters. The van der Waals surface area contributed by atoms with E-state index in [4.69, 9.17) is 4.74 Å². The van der Waals surface area contributed by atoms with Crippen molar-refractivity contribution in [1.82, 2.24) is 4.98 Å². The van der Waals surface area contributed by atoms with Gasteiger partial charge < -0.3 is 9.53 Å². The third kappa shape index (κ3) is 3.82. The van der Waals surface area contributed by atoms with Crippen LogP contribution in [0.2, 0.25) is 18.1 Å². The van der Waals surface area contributed by atoms with Gasteiger partial charge in [-0.15, -0.1) is 0 Å². The Balaban J connectivity index is 2.61. The molecule has 0 saturated carbocycles. The maximum Gasteiger partial charge on any atom is 0.188 e. The van der Waals surface area contributed by atoms with E-state index in [1.54, 1.807) is 13.3 Å². The van der Waals surface area contributed by atoms with Gasteiger partial charge in [-0.1, -0.05) is 13.8 Å². The van der Waals surface area contributed by atoms with Crippen molar-refractivity contribution in [2.24, 2.45) is 0 Å². The molecule has 17 heavy (non-hydrogen) atoms. The van der Waals surface area contributed by atoms with Crippen molar-refractivity contribution in [3.63, 3.8) is 0 Å². The Kier molecular flexibility index (Phi) is 4.33. The molecule has 0 atom stereocenters. The lowest BCUT2D eigenvalue weighted by Crippen LogP contribution is -2.39. The quantitative estimate of drug-likeness (QED) is 0.820. The van der Waals surface area contributed by atoms with Crippen LogP contribution in [-0.2, 0) is 6.42 Å². The zero-order chi connectivity index (χ0) is 13.1. The predicted molar refractivity (Wildman–Crippen MR) is 72.9 cm³/mol. The number of aryl methyl sites for hydroxylation is 1. The van der Waals surface area contributed by atoms with Crippen molar-refractivity contribution in [1.29, 1.82) is 0 Å². The minimum Gasteiger partial charge on any atom is -0.495 e. The molecule has 1 N–H and O–H groups in total. The standard InChI is InChI=1S/C13H23NO2Si/c1-13(2,17(4,5)15)9-8-11-6-7-12(16-3)10-14-11/h6-7,10,15H,8-9H2,1-5H3. The zero-order valence-corrected chi connectivity index (χ0v) is 12.4. The fraction of sp³-hybridized carbons (Fsp3) is 0.615. The molecule has 0 aliphatic carbocycles. The Hall–Kier alpha value is -0.873. The molecule has 1 heterocycles. The molecule has 0 amide bonds. The Bertz CT molecular complexity index is 355. The van der Waals surface area contributed by atoms with Crippen LogP contribution in [0.15, 0.2) is 18.3 Å². The molecule has 0 saturated heterocycles.